The SMILES string of the molecule is CCN(C)CCCCCOCC(=O)C(C)C. The molecule has 0 spiro atoms. The van der Waals surface area contributed by atoms with Crippen LogP contribution in [0.1, 0.15) is 40.0 Å². The summed E-state index contributed by atoms with van der Waals surface area (Å²) in [5.74, 6) is 0.295. The van der Waals surface area contributed by atoms with Crippen molar-refractivity contribution in [2.75, 3.05) is 33.4 Å². The van der Waals surface area contributed by atoms with Crippen LogP contribution in [0.3, 0.4) is 0 Å². The van der Waals surface area contributed by atoms with Crippen LogP contribution in [0.15, 0.2) is 0 Å². The molecule has 0 aromatic heterocycles. The molecule has 0 aliphatic heterocycles. The van der Waals surface area contributed by atoms with E-state index in [2.05, 4.69) is 18.9 Å². The number of ether oxygens (including phenoxy) is 1. The van der Waals surface area contributed by atoms with E-state index in [1.807, 2.05) is 13.8 Å². The molecule has 96 valence electrons. The maximum Gasteiger partial charge on any atom is 0.160 e. The molecule has 0 saturated heterocycles. The van der Waals surface area contributed by atoms with Gasteiger partial charge in [0.05, 0.1) is 0 Å². The highest BCUT2D eigenvalue weighted by molar-refractivity contribution is 5.81. The van der Waals surface area contributed by atoms with Crippen molar-refractivity contribution < 1.29 is 9.53 Å². The fraction of sp³-hybridized carbons (Fsp3) is 0.923. The minimum absolute atomic E-state index is 0.0956. The van der Waals surface area contributed by atoms with Gasteiger partial charge in [0.2, 0.25) is 0 Å². The van der Waals surface area contributed by atoms with E-state index in [1.54, 1.807) is 0 Å². The molecule has 0 amide bonds. The van der Waals surface area contributed by atoms with Gasteiger partial charge in [0, 0.05) is 12.5 Å². The number of ketones is 1. The maximum atomic E-state index is 11.2. The predicted octanol–water partition coefficient (Wildman–Crippen LogP) is 2.35. The number of carbonyl (C=O) groups excluding carboxylic acids is 1. The highest BCUT2D eigenvalue weighted by Crippen LogP contribution is 1.99. The van der Waals surface area contributed by atoms with Crippen LogP contribution in [0.5, 0.6) is 0 Å². The number of unbranched alkanes of at least 4 members (excludes halogenated alkanes) is 2. The van der Waals surface area contributed by atoms with Crippen LogP contribution < -0.4 is 0 Å². The lowest BCUT2D eigenvalue weighted by Crippen LogP contribution is -2.19. The molecule has 16 heavy (non-hydrogen) atoms. The number of hydrogen-bond acceptors (Lipinski definition) is 3. The lowest BCUT2D eigenvalue weighted by Gasteiger charge is -2.13. The van der Waals surface area contributed by atoms with Gasteiger partial charge in [-0.05, 0) is 39.4 Å². The molecular formula is C13H27NO2. The molecule has 0 aliphatic carbocycles. The zero-order valence-electron chi connectivity index (χ0n) is 11.3. The Labute approximate surface area is 100 Å². The van der Waals surface area contributed by atoms with Crippen LogP contribution in [0.4, 0.5) is 0 Å². The van der Waals surface area contributed by atoms with E-state index in [9.17, 15) is 4.79 Å². The molecule has 0 rings (SSSR count). The van der Waals surface area contributed by atoms with Crippen molar-refractivity contribution >= 4 is 5.78 Å². The summed E-state index contributed by atoms with van der Waals surface area (Å²) in [6.07, 6.45) is 3.45. The first-order valence-corrected chi connectivity index (χ1v) is 6.37. The minimum Gasteiger partial charge on any atom is -0.374 e. The van der Waals surface area contributed by atoms with Crippen molar-refractivity contribution in [3.63, 3.8) is 0 Å². The summed E-state index contributed by atoms with van der Waals surface area (Å²) in [7, 11) is 2.14. The summed E-state index contributed by atoms with van der Waals surface area (Å²) in [5.41, 5.74) is 0. The Morgan fingerprint density at radius 2 is 1.94 bits per heavy atom. The van der Waals surface area contributed by atoms with Crippen molar-refractivity contribution in [3.05, 3.63) is 0 Å². The molecular weight excluding hydrogens is 202 g/mol. The van der Waals surface area contributed by atoms with Crippen LogP contribution in [0, 0.1) is 5.92 Å². The van der Waals surface area contributed by atoms with E-state index in [1.165, 1.54) is 12.8 Å². The van der Waals surface area contributed by atoms with Gasteiger partial charge >= 0.3 is 0 Å². The fourth-order valence-electron chi connectivity index (χ4n) is 1.26. The summed E-state index contributed by atoms with van der Waals surface area (Å²) in [4.78, 5) is 13.5. The van der Waals surface area contributed by atoms with E-state index < -0.39 is 0 Å². The van der Waals surface area contributed by atoms with Crippen LogP contribution in [0.25, 0.3) is 0 Å². The maximum absolute atomic E-state index is 11.2. The molecule has 0 aromatic carbocycles. The minimum atomic E-state index is 0.0956. The van der Waals surface area contributed by atoms with E-state index in [4.69, 9.17) is 4.74 Å². The molecule has 0 N–H and O–H groups in total. The third kappa shape index (κ3) is 8.86. The van der Waals surface area contributed by atoms with Gasteiger partial charge in [-0.3, -0.25) is 4.79 Å². The first kappa shape index (κ1) is 15.6. The van der Waals surface area contributed by atoms with Crippen molar-refractivity contribution in [3.8, 4) is 0 Å². The predicted molar refractivity (Wildman–Crippen MR) is 67.7 cm³/mol. The van der Waals surface area contributed by atoms with E-state index >= 15 is 0 Å². The Kier molecular flexibility index (Phi) is 9.54. The molecule has 0 bridgehead atoms. The number of nitrogens with zero attached hydrogens (tertiary/aromatic N) is 1. The Balaban J connectivity index is 3.19. The lowest BCUT2D eigenvalue weighted by atomic mass is 10.1. The Morgan fingerprint density at radius 1 is 1.25 bits per heavy atom. The second-order valence-electron chi connectivity index (χ2n) is 4.63. The normalized spacial score (nSPS) is 11.4. The quantitative estimate of drug-likeness (QED) is 0.539. The molecule has 3 nitrogen and oxygen atoms in total. The monoisotopic (exact) mass is 229 g/mol. The topological polar surface area (TPSA) is 29.5 Å². The van der Waals surface area contributed by atoms with Gasteiger partial charge in [-0.25, -0.2) is 0 Å². The first-order valence-electron chi connectivity index (χ1n) is 6.37. The molecule has 0 saturated carbocycles. The second-order valence-corrected chi connectivity index (χ2v) is 4.63. The van der Waals surface area contributed by atoms with Crippen molar-refractivity contribution in [2.24, 2.45) is 5.92 Å². The highest BCUT2D eigenvalue weighted by Gasteiger charge is 2.06. The van der Waals surface area contributed by atoms with Crippen LogP contribution in [-0.2, 0) is 9.53 Å². The average Bonchev–Trinajstić information content (AvgIpc) is 2.26. The molecule has 0 aromatic rings. The summed E-state index contributed by atoms with van der Waals surface area (Å²) in [6, 6.07) is 0. The van der Waals surface area contributed by atoms with Gasteiger partial charge in [0.1, 0.15) is 6.61 Å². The third-order valence-electron chi connectivity index (χ3n) is 2.76. The molecule has 0 aliphatic rings. The molecule has 0 unspecified atom stereocenters. The summed E-state index contributed by atoms with van der Waals surface area (Å²) < 4.78 is 5.33. The average molecular weight is 229 g/mol. The number of hydrogen-bond donors (Lipinski definition) is 0. The largest absolute Gasteiger partial charge is 0.374 e. The van der Waals surface area contributed by atoms with Gasteiger partial charge in [0.15, 0.2) is 5.78 Å². The molecule has 0 fully saturated rings. The third-order valence-corrected chi connectivity index (χ3v) is 2.76. The number of carbonyl (C=O) groups is 1. The molecule has 0 heterocycles. The highest BCUT2D eigenvalue weighted by atomic mass is 16.5. The lowest BCUT2D eigenvalue weighted by molar-refractivity contribution is -0.126. The summed E-state index contributed by atoms with van der Waals surface area (Å²) in [6.45, 7) is 9.25. The van der Waals surface area contributed by atoms with E-state index in [-0.39, 0.29) is 18.3 Å². The molecule has 0 radical (unpaired) electrons. The van der Waals surface area contributed by atoms with Gasteiger partial charge in [-0.2, -0.15) is 0 Å². The second kappa shape index (κ2) is 9.79. The van der Waals surface area contributed by atoms with Crippen molar-refractivity contribution in [1.29, 1.82) is 0 Å². The van der Waals surface area contributed by atoms with Gasteiger partial charge in [0.25, 0.3) is 0 Å². The number of rotatable bonds is 10. The smallest absolute Gasteiger partial charge is 0.160 e. The summed E-state index contributed by atoms with van der Waals surface area (Å²) in [5, 5.41) is 0. The Hall–Kier alpha value is -0.410. The standard InChI is InChI=1S/C13H27NO2/c1-5-14(4)9-7-6-8-10-16-11-13(15)12(2)3/h12H,5-11H2,1-4H3. The van der Waals surface area contributed by atoms with Crippen LogP contribution in [0.2, 0.25) is 0 Å². The Bertz CT molecular complexity index is 181. The van der Waals surface area contributed by atoms with E-state index in [0.717, 1.165) is 19.5 Å². The van der Waals surface area contributed by atoms with Crippen LogP contribution >= 0.6 is 0 Å². The molecule has 0 atom stereocenters. The summed E-state index contributed by atoms with van der Waals surface area (Å²) >= 11 is 0. The van der Waals surface area contributed by atoms with Crippen LogP contribution in [-0.4, -0.2) is 44.0 Å². The zero-order valence-corrected chi connectivity index (χ0v) is 11.3. The van der Waals surface area contributed by atoms with Crippen molar-refractivity contribution in [1.82, 2.24) is 4.90 Å². The Morgan fingerprint density at radius 3 is 2.50 bits per heavy atom. The van der Waals surface area contributed by atoms with Gasteiger partial charge < -0.3 is 9.64 Å². The van der Waals surface area contributed by atoms with Gasteiger partial charge in [-0.1, -0.05) is 20.8 Å². The fourth-order valence-corrected chi connectivity index (χ4v) is 1.26. The van der Waals surface area contributed by atoms with Gasteiger partial charge in [-0.15, -0.1) is 0 Å². The first-order chi connectivity index (χ1) is 7.57. The van der Waals surface area contributed by atoms with Crippen molar-refractivity contribution in [2.45, 2.75) is 40.0 Å². The number of Topliss-reactive ketones (excluding diaryl/α,β-unsaturated/α-hetero) is 1. The molecule has 3 heteroatoms. The van der Waals surface area contributed by atoms with E-state index in [0.29, 0.717) is 6.61 Å². The zero-order chi connectivity index (χ0) is 12.4.